The van der Waals surface area contributed by atoms with E-state index in [-0.39, 0.29) is 12.5 Å². The van der Waals surface area contributed by atoms with Crippen LogP contribution >= 0.6 is 0 Å². The van der Waals surface area contributed by atoms with Crippen molar-refractivity contribution < 1.29 is 19.5 Å². The fourth-order valence-electron chi connectivity index (χ4n) is 1.90. The lowest BCUT2D eigenvalue weighted by Gasteiger charge is -2.22. The third-order valence-corrected chi connectivity index (χ3v) is 3.12. The number of amides is 3. The van der Waals surface area contributed by atoms with Crippen LogP contribution in [0.25, 0.3) is 0 Å². The Balaban J connectivity index is 2.19. The van der Waals surface area contributed by atoms with E-state index in [0.717, 1.165) is 13.0 Å². The predicted molar refractivity (Wildman–Crippen MR) is 72.7 cm³/mol. The van der Waals surface area contributed by atoms with E-state index in [0.29, 0.717) is 25.9 Å². The molecular weight excluding hydrogens is 262 g/mol. The zero-order chi connectivity index (χ0) is 15.2. The summed E-state index contributed by atoms with van der Waals surface area (Å²) >= 11 is 0. The van der Waals surface area contributed by atoms with E-state index in [1.54, 1.807) is 18.7 Å². The Morgan fingerprint density at radius 1 is 1.35 bits per heavy atom. The topological polar surface area (TPSA) is 98.7 Å². The van der Waals surface area contributed by atoms with Gasteiger partial charge in [0.15, 0.2) is 0 Å². The van der Waals surface area contributed by atoms with Gasteiger partial charge in [0, 0.05) is 26.1 Å². The summed E-state index contributed by atoms with van der Waals surface area (Å²) in [6.07, 6.45) is 2.11. The molecule has 3 N–H and O–H groups in total. The van der Waals surface area contributed by atoms with Gasteiger partial charge in [0.2, 0.25) is 5.91 Å². The molecule has 0 saturated carbocycles. The first-order valence-corrected chi connectivity index (χ1v) is 6.85. The van der Waals surface area contributed by atoms with Gasteiger partial charge < -0.3 is 20.6 Å². The molecule has 3 amide bonds. The summed E-state index contributed by atoms with van der Waals surface area (Å²) in [5.74, 6) is -1.33. The summed E-state index contributed by atoms with van der Waals surface area (Å²) < 4.78 is 0. The van der Waals surface area contributed by atoms with Crippen LogP contribution in [0.4, 0.5) is 0 Å². The molecule has 0 bridgehead atoms. The fraction of sp³-hybridized carbons (Fsp3) is 0.769. The minimum absolute atomic E-state index is 0.152. The molecule has 1 rings (SSSR count). The maximum Gasteiger partial charge on any atom is 0.309 e. The number of nitrogens with one attached hydrogen (secondary N) is 2. The lowest BCUT2D eigenvalue weighted by Crippen LogP contribution is -2.51. The maximum atomic E-state index is 11.5. The summed E-state index contributed by atoms with van der Waals surface area (Å²) in [4.78, 5) is 36.1. The second-order valence-corrected chi connectivity index (χ2v) is 5.59. The van der Waals surface area contributed by atoms with Gasteiger partial charge in [-0.2, -0.15) is 0 Å². The Hall–Kier alpha value is -1.63. The van der Waals surface area contributed by atoms with E-state index in [9.17, 15) is 14.4 Å². The molecule has 0 radical (unpaired) electrons. The molecule has 20 heavy (non-hydrogen) atoms. The summed E-state index contributed by atoms with van der Waals surface area (Å²) in [5.41, 5.74) is -0.823. The van der Waals surface area contributed by atoms with Crippen LogP contribution in [0.5, 0.6) is 0 Å². The minimum atomic E-state index is -0.823. The van der Waals surface area contributed by atoms with E-state index < -0.39 is 17.4 Å². The van der Waals surface area contributed by atoms with Gasteiger partial charge in [-0.15, -0.1) is 0 Å². The quantitative estimate of drug-likeness (QED) is 0.431. The fourth-order valence-corrected chi connectivity index (χ4v) is 1.90. The van der Waals surface area contributed by atoms with Crippen molar-refractivity contribution in [3.05, 3.63) is 0 Å². The Morgan fingerprint density at radius 3 is 2.60 bits per heavy atom. The second kappa shape index (κ2) is 7.23. The number of hydrogen-bond donors (Lipinski definition) is 3. The Labute approximate surface area is 118 Å². The highest BCUT2D eigenvalue weighted by Crippen LogP contribution is 2.09. The van der Waals surface area contributed by atoms with E-state index in [4.69, 9.17) is 5.11 Å². The molecule has 0 atom stereocenters. The molecule has 0 aliphatic carbocycles. The van der Waals surface area contributed by atoms with Crippen LogP contribution in [0.15, 0.2) is 0 Å². The van der Waals surface area contributed by atoms with E-state index in [2.05, 4.69) is 10.6 Å². The van der Waals surface area contributed by atoms with Crippen molar-refractivity contribution in [2.24, 2.45) is 0 Å². The van der Waals surface area contributed by atoms with Gasteiger partial charge >= 0.3 is 11.8 Å². The van der Waals surface area contributed by atoms with Crippen LogP contribution in [-0.2, 0) is 14.4 Å². The molecule has 1 aliphatic heterocycles. The second-order valence-electron chi connectivity index (χ2n) is 5.59. The molecule has 1 aliphatic rings. The highest BCUT2D eigenvalue weighted by atomic mass is 16.3. The van der Waals surface area contributed by atoms with Crippen LogP contribution in [0.2, 0.25) is 0 Å². The average Bonchev–Trinajstić information content (AvgIpc) is 2.79. The molecule has 7 heteroatoms. The van der Waals surface area contributed by atoms with Gasteiger partial charge in [0.25, 0.3) is 0 Å². The molecular formula is C13H23N3O4. The van der Waals surface area contributed by atoms with Gasteiger partial charge in [0.05, 0.1) is 12.1 Å². The van der Waals surface area contributed by atoms with Gasteiger partial charge in [-0.05, 0) is 26.7 Å². The molecule has 0 aromatic rings. The standard InChI is InChI=1S/C13H23N3O4/c1-13(2,9-17)15-12(20)11(19)14-6-4-8-16-7-3-5-10(16)18/h17H,3-9H2,1-2H3,(H,14,19)(H,15,20). The van der Waals surface area contributed by atoms with Crippen molar-refractivity contribution in [1.29, 1.82) is 0 Å². The number of aliphatic hydroxyl groups excluding tert-OH is 1. The summed E-state index contributed by atoms with van der Waals surface area (Å²) in [6, 6.07) is 0. The van der Waals surface area contributed by atoms with Crippen LogP contribution in [0.1, 0.15) is 33.1 Å². The van der Waals surface area contributed by atoms with Gasteiger partial charge in [-0.25, -0.2) is 0 Å². The number of carbonyl (C=O) groups excluding carboxylic acids is 3. The molecule has 0 aromatic carbocycles. The largest absolute Gasteiger partial charge is 0.394 e. The normalized spacial score (nSPS) is 15.3. The number of rotatable bonds is 6. The lowest BCUT2D eigenvalue weighted by atomic mass is 10.1. The van der Waals surface area contributed by atoms with Crippen LogP contribution in [0, 0.1) is 0 Å². The van der Waals surface area contributed by atoms with Crippen LogP contribution in [0.3, 0.4) is 0 Å². The van der Waals surface area contributed by atoms with Crippen LogP contribution in [-0.4, -0.2) is 59.5 Å². The Bertz CT molecular complexity index is 382. The van der Waals surface area contributed by atoms with Crippen molar-refractivity contribution in [3.63, 3.8) is 0 Å². The molecule has 1 heterocycles. The zero-order valence-electron chi connectivity index (χ0n) is 12.1. The first-order valence-electron chi connectivity index (χ1n) is 6.85. The van der Waals surface area contributed by atoms with Crippen molar-refractivity contribution in [3.8, 4) is 0 Å². The van der Waals surface area contributed by atoms with Crippen molar-refractivity contribution in [1.82, 2.24) is 15.5 Å². The molecule has 0 spiro atoms. The van der Waals surface area contributed by atoms with E-state index in [1.807, 2.05) is 0 Å². The average molecular weight is 285 g/mol. The molecule has 1 fully saturated rings. The number of hydrogen-bond acceptors (Lipinski definition) is 4. The molecule has 7 nitrogen and oxygen atoms in total. The third-order valence-electron chi connectivity index (χ3n) is 3.12. The third kappa shape index (κ3) is 5.16. The lowest BCUT2D eigenvalue weighted by molar-refractivity contribution is -0.140. The Kier molecular flexibility index (Phi) is 5.94. The number of aliphatic hydroxyl groups is 1. The molecule has 114 valence electrons. The minimum Gasteiger partial charge on any atom is -0.394 e. The highest BCUT2D eigenvalue weighted by molar-refractivity contribution is 6.35. The highest BCUT2D eigenvalue weighted by Gasteiger charge is 2.23. The summed E-state index contributed by atoms with van der Waals surface area (Å²) in [6.45, 7) is 4.72. The SMILES string of the molecule is CC(C)(CO)NC(=O)C(=O)NCCCN1CCCC1=O. The van der Waals surface area contributed by atoms with Gasteiger partial charge in [-0.3, -0.25) is 14.4 Å². The first-order chi connectivity index (χ1) is 9.35. The van der Waals surface area contributed by atoms with E-state index in [1.165, 1.54) is 0 Å². The van der Waals surface area contributed by atoms with Crippen LogP contribution < -0.4 is 10.6 Å². The Morgan fingerprint density at radius 2 is 2.05 bits per heavy atom. The van der Waals surface area contributed by atoms with Gasteiger partial charge in [-0.1, -0.05) is 0 Å². The summed E-state index contributed by atoms with van der Waals surface area (Å²) in [5, 5.41) is 13.9. The van der Waals surface area contributed by atoms with Crippen molar-refractivity contribution in [2.45, 2.75) is 38.6 Å². The number of nitrogens with zero attached hydrogens (tertiary/aromatic N) is 1. The predicted octanol–water partition coefficient (Wildman–Crippen LogP) is -0.998. The summed E-state index contributed by atoms with van der Waals surface area (Å²) in [7, 11) is 0. The number of carbonyl (C=O) groups is 3. The van der Waals surface area contributed by atoms with Gasteiger partial charge in [0.1, 0.15) is 0 Å². The maximum absolute atomic E-state index is 11.5. The van der Waals surface area contributed by atoms with E-state index >= 15 is 0 Å². The molecule has 0 aromatic heterocycles. The molecule has 0 unspecified atom stereocenters. The monoisotopic (exact) mass is 285 g/mol. The molecule has 1 saturated heterocycles. The van der Waals surface area contributed by atoms with Crippen molar-refractivity contribution >= 4 is 17.7 Å². The first kappa shape index (κ1) is 16.4. The smallest absolute Gasteiger partial charge is 0.309 e. The number of likely N-dealkylation sites (tertiary alicyclic amines) is 1. The van der Waals surface area contributed by atoms with Crippen molar-refractivity contribution in [2.75, 3.05) is 26.2 Å². The zero-order valence-corrected chi connectivity index (χ0v) is 12.1.